The molecule has 1 rings (SSSR count). The molecule has 49 valence electrons. The summed E-state index contributed by atoms with van der Waals surface area (Å²) in [5, 5.41) is 0. The van der Waals surface area contributed by atoms with Gasteiger partial charge >= 0.3 is 0 Å². The zero-order valence-electron chi connectivity index (χ0n) is 5.76. The number of ketones is 1. The minimum atomic E-state index is 0. The SMILES string of the molecule is C[C@H]1[CH-]C(=O)CCC1.[Y]. The van der Waals surface area contributed by atoms with E-state index in [-0.39, 0.29) is 32.7 Å². The molecule has 1 atom stereocenters. The van der Waals surface area contributed by atoms with Gasteiger partial charge in [0.25, 0.3) is 0 Å². The van der Waals surface area contributed by atoms with Crippen LogP contribution in [0.3, 0.4) is 0 Å². The van der Waals surface area contributed by atoms with Gasteiger partial charge in [0.05, 0.1) is 0 Å². The molecule has 0 spiro atoms. The van der Waals surface area contributed by atoms with Gasteiger partial charge in [0, 0.05) is 32.7 Å². The van der Waals surface area contributed by atoms with Crippen molar-refractivity contribution >= 4 is 5.78 Å². The Morgan fingerprint density at radius 2 is 2.33 bits per heavy atom. The van der Waals surface area contributed by atoms with Crippen LogP contribution in [0, 0.1) is 12.3 Å². The van der Waals surface area contributed by atoms with Crippen LogP contribution in [-0.2, 0) is 37.5 Å². The van der Waals surface area contributed by atoms with Gasteiger partial charge in [0.15, 0.2) is 0 Å². The molecule has 0 bridgehead atoms. The van der Waals surface area contributed by atoms with Crippen LogP contribution in [0.25, 0.3) is 0 Å². The molecular weight excluding hydrogens is 189 g/mol. The molecule has 2 heteroatoms. The number of hydrogen-bond acceptors (Lipinski definition) is 1. The van der Waals surface area contributed by atoms with E-state index in [0.717, 1.165) is 12.8 Å². The van der Waals surface area contributed by atoms with E-state index in [2.05, 4.69) is 6.92 Å². The summed E-state index contributed by atoms with van der Waals surface area (Å²) in [4.78, 5) is 10.6. The van der Waals surface area contributed by atoms with Crippen molar-refractivity contribution in [3.05, 3.63) is 6.42 Å². The molecule has 0 heterocycles. The van der Waals surface area contributed by atoms with Gasteiger partial charge in [-0.15, -0.1) is 0 Å². The Morgan fingerprint density at radius 3 is 2.67 bits per heavy atom. The van der Waals surface area contributed by atoms with Crippen LogP contribution in [-0.4, -0.2) is 5.78 Å². The monoisotopic (exact) mass is 200 g/mol. The molecular formula is C7H11OY-. The van der Waals surface area contributed by atoms with E-state index in [1.807, 2.05) is 6.42 Å². The topological polar surface area (TPSA) is 17.1 Å². The third-order valence-electron chi connectivity index (χ3n) is 1.55. The standard InChI is InChI=1S/C7H11O.Y/c1-6-3-2-4-7(8)5-6;/h5-6H,2-4H2,1H3;/q-1;/t6-;/m1./s1. The molecule has 1 aliphatic carbocycles. The van der Waals surface area contributed by atoms with E-state index >= 15 is 0 Å². The predicted octanol–water partition coefficient (Wildman–Crippen LogP) is 1.58. The number of carbonyl (C=O) groups is 1. The van der Waals surface area contributed by atoms with Crippen LogP contribution in [0.5, 0.6) is 0 Å². The summed E-state index contributed by atoms with van der Waals surface area (Å²) in [5.74, 6) is 0.875. The Bertz CT molecular complexity index is 101. The van der Waals surface area contributed by atoms with E-state index in [4.69, 9.17) is 0 Å². The van der Waals surface area contributed by atoms with Gasteiger partial charge in [0.2, 0.25) is 0 Å². The smallest absolute Gasteiger partial charge is 0 e. The fourth-order valence-electron chi connectivity index (χ4n) is 1.08. The first kappa shape index (κ1) is 9.64. The summed E-state index contributed by atoms with van der Waals surface area (Å²) >= 11 is 0. The zero-order chi connectivity index (χ0) is 5.98. The summed E-state index contributed by atoms with van der Waals surface area (Å²) in [6.45, 7) is 2.09. The van der Waals surface area contributed by atoms with E-state index in [9.17, 15) is 4.79 Å². The molecule has 0 unspecified atom stereocenters. The van der Waals surface area contributed by atoms with Gasteiger partial charge in [-0.1, -0.05) is 19.8 Å². The van der Waals surface area contributed by atoms with Crippen molar-refractivity contribution in [2.24, 2.45) is 5.92 Å². The first-order chi connectivity index (χ1) is 3.79. The largest absolute Gasteiger partial charge is 0.334 e. The molecule has 0 N–H and O–H groups in total. The van der Waals surface area contributed by atoms with Crippen LogP contribution in [0.1, 0.15) is 26.2 Å². The molecule has 1 radical (unpaired) electrons. The van der Waals surface area contributed by atoms with E-state index in [0.29, 0.717) is 11.7 Å². The molecule has 0 amide bonds. The van der Waals surface area contributed by atoms with Crippen molar-refractivity contribution in [3.8, 4) is 0 Å². The third-order valence-corrected chi connectivity index (χ3v) is 1.55. The summed E-state index contributed by atoms with van der Waals surface area (Å²) in [7, 11) is 0. The summed E-state index contributed by atoms with van der Waals surface area (Å²) in [6.07, 6.45) is 4.91. The minimum Gasteiger partial charge on any atom is -0.334 e. The average molecular weight is 200 g/mol. The van der Waals surface area contributed by atoms with Crippen molar-refractivity contribution in [2.75, 3.05) is 0 Å². The van der Waals surface area contributed by atoms with Crippen LogP contribution in [0.15, 0.2) is 0 Å². The van der Waals surface area contributed by atoms with Gasteiger partial charge in [-0.05, 0) is 12.2 Å². The third kappa shape index (κ3) is 3.37. The first-order valence-electron chi connectivity index (χ1n) is 3.17. The number of Topliss-reactive ketones (excluding diaryl/α,β-unsaturated/α-hetero) is 1. The molecule has 0 aliphatic heterocycles. The predicted molar refractivity (Wildman–Crippen MR) is 32.3 cm³/mol. The van der Waals surface area contributed by atoms with Gasteiger partial charge < -0.3 is 11.2 Å². The van der Waals surface area contributed by atoms with Gasteiger partial charge in [-0.3, -0.25) is 0 Å². The van der Waals surface area contributed by atoms with Crippen molar-refractivity contribution in [1.82, 2.24) is 0 Å². The Kier molecular flexibility index (Phi) is 4.78. The molecule has 1 nitrogen and oxygen atoms in total. The minimum absolute atomic E-state index is 0. The second-order valence-corrected chi connectivity index (χ2v) is 2.50. The molecule has 0 aromatic carbocycles. The number of carbonyl (C=O) groups excluding carboxylic acids is 1. The zero-order valence-corrected chi connectivity index (χ0v) is 8.60. The second kappa shape index (κ2) is 4.46. The Hall–Kier alpha value is 0.644. The van der Waals surface area contributed by atoms with E-state index in [1.54, 1.807) is 0 Å². The fraction of sp³-hybridized carbons (Fsp3) is 0.714. The summed E-state index contributed by atoms with van der Waals surface area (Å²) in [5.41, 5.74) is 0. The molecule has 0 aromatic rings. The van der Waals surface area contributed by atoms with Crippen LogP contribution in [0.2, 0.25) is 0 Å². The quantitative estimate of drug-likeness (QED) is 0.542. The van der Waals surface area contributed by atoms with Gasteiger partial charge in [-0.2, -0.15) is 5.92 Å². The van der Waals surface area contributed by atoms with Crippen molar-refractivity contribution < 1.29 is 37.5 Å². The second-order valence-electron chi connectivity index (χ2n) is 2.50. The molecule has 1 fully saturated rings. The van der Waals surface area contributed by atoms with Crippen molar-refractivity contribution in [1.29, 1.82) is 0 Å². The van der Waals surface area contributed by atoms with Gasteiger partial charge in [0.1, 0.15) is 0 Å². The fourth-order valence-corrected chi connectivity index (χ4v) is 1.08. The number of rotatable bonds is 0. The number of hydrogen-bond donors (Lipinski definition) is 0. The maximum Gasteiger partial charge on any atom is 0 e. The molecule has 0 saturated heterocycles. The van der Waals surface area contributed by atoms with E-state index in [1.165, 1.54) is 6.42 Å². The first-order valence-corrected chi connectivity index (χ1v) is 3.17. The van der Waals surface area contributed by atoms with E-state index < -0.39 is 0 Å². The van der Waals surface area contributed by atoms with Crippen LogP contribution in [0.4, 0.5) is 0 Å². The normalized spacial score (nSPS) is 26.3. The Labute approximate surface area is 81.5 Å². The molecule has 1 saturated carbocycles. The molecule has 9 heavy (non-hydrogen) atoms. The van der Waals surface area contributed by atoms with Gasteiger partial charge in [-0.25, -0.2) is 0 Å². The average Bonchev–Trinajstić information content (AvgIpc) is 1.64. The maximum absolute atomic E-state index is 10.6. The summed E-state index contributed by atoms with van der Waals surface area (Å²) in [6, 6.07) is 0. The Balaban J connectivity index is 0.000000640. The van der Waals surface area contributed by atoms with Crippen molar-refractivity contribution in [2.45, 2.75) is 26.2 Å². The van der Waals surface area contributed by atoms with Crippen LogP contribution < -0.4 is 0 Å². The maximum atomic E-state index is 10.6. The molecule has 0 aromatic heterocycles. The molecule has 1 aliphatic rings. The summed E-state index contributed by atoms with van der Waals surface area (Å²) < 4.78 is 0. The Morgan fingerprint density at radius 1 is 1.67 bits per heavy atom. The van der Waals surface area contributed by atoms with Crippen LogP contribution >= 0.6 is 0 Å². The van der Waals surface area contributed by atoms with Crippen molar-refractivity contribution in [3.63, 3.8) is 0 Å².